The molecule has 26 heavy (non-hydrogen) atoms. The summed E-state index contributed by atoms with van der Waals surface area (Å²) in [5.41, 5.74) is 4.97. The third kappa shape index (κ3) is 3.51. The molecule has 0 aliphatic rings. The van der Waals surface area contributed by atoms with Crippen LogP contribution in [0, 0.1) is 6.92 Å². The summed E-state index contributed by atoms with van der Waals surface area (Å²) in [5, 5.41) is 4.00. The molecule has 0 unspecified atom stereocenters. The fourth-order valence-corrected chi connectivity index (χ4v) is 3.87. The second kappa shape index (κ2) is 7.10. The highest BCUT2D eigenvalue weighted by Crippen LogP contribution is 2.31. The second-order valence-electron chi connectivity index (χ2n) is 6.23. The van der Waals surface area contributed by atoms with Crippen LogP contribution in [0.1, 0.15) is 11.1 Å². The van der Waals surface area contributed by atoms with Gasteiger partial charge >= 0.3 is 0 Å². The maximum atomic E-state index is 12.3. The van der Waals surface area contributed by atoms with Crippen molar-refractivity contribution in [2.45, 2.75) is 13.3 Å². The predicted molar refractivity (Wildman–Crippen MR) is 109 cm³/mol. The molecule has 0 saturated heterocycles. The standard InChI is InChI=1S/C22H18N2OS/c1-15-13-17(22-24-19-9-5-6-10-20(19)26-22)11-12-18(15)23-21(25)14-16-7-3-2-4-8-16/h2-13H,14H2,1H3,(H,23,25). The van der Waals surface area contributed by atoms with Crippen LogP contribution >= 0.6 is 11.3 Å². The number of amides is 1. The van der Waals surface area contributed by atoms with Crippen molar-refractivity contribution in [1.29, 1.82) is 0 Å². The van der Waals surface area contributed by atoms with Crippen LogP contribution in [0.15, 0.2) is 72.8 Å². The molecule has 4 aromatic rings. The molecule has 1 amide bonds. The van der Waals surface area contributed by atoms with E-state index in [4.69, 9.17) is 4.98 Å². The molecule has 1 heterocycles. The predicted octanol–water partition coefficient (Wildman–Crippen LogP) is 5.45. The molecule has 0 saturated carbocycles. The summed E-state index contributed by atoms with van der Waals surface area (Å²) in [6.07, 6.45) is 0.375. The van der Waals surface area contributed by atoms with E-state index in [-0.39, 0.29) is 5.91 Å². The summed E-state index contributed by atoms with van der Waals surface area (Å²) in [4.78, 5) is 17.0. The fraction of sp³-hybridized carbons (Fsp3) is 0.0909. The van der Waals surface area contributed by atoms with E-state index >= 15 is 0 Å². The van der Waals surface area contributed by atoms with E-state index in [1.807, 2.05) is 67.6 Å². The first-order chi connectivity index (χ1) is 12.7. The molecule has 0 fully saturated rings. The van der Waals surface area contributed by atoms with Crippen molar-refractivity contribution in [2.24, 2.45) is 0 Å². The number of fused-ring (bicyclic) bond motifs is 1. The van der Waals surface area contributed by atoms with Crippen LogP contribution in [-0.4, -0.2) is 10.9 Å². The average Bonchev–Trinajstić information content (AvgIpc) is 3.08. The molecule has 1 aromatic heterocycles. The molecule has 0 atom stereocenters. The van der Waals surface area contributed by atoms with E-state index in [0.717, 1.165) is 32.9 Å². The Labute approximate surface area is 156 Å². The first-order valence-electron chi connectivity index (χ1n) is 8.49. The third-order valence-corrected chi connectivity index (χ3v) is 5.33. The van der Waals surface area contributed by atoms with Crippen molar-refractivity contribution in [3.63, 3.8) is 0 Å². The molecule has 4 rings (SSSR count). The van der Waals surface area contributed by atoms with Crippen LogP contribution in [0.5, 0.6) is 0 Å². The molecule has 0 spiro atoms. The van der Waals surface area contributed by atoms with Gasteiger partial charge in [0.05, 0.1) is 16.6 Å². The van der Waals surface area contributed by atoms with Crippen LogP contribution in [-0.2, 0) is 11.2 Å². The number of thiazole rings is 1. The maximum absolute atomic E-state index is 12.3. The van der Waals surface area contributed by atoms with Gasteiger partial charge in [-0.15, -0.1) is 11.3 Å². The number of carbonyl (C=O) groups is 1. The van der Waals surface area contributed by atoms with Gasteiger partial charge in [0.25, 0.3) is 0 Å². The fourth-order valence-electron chi connectivity index (χ4n) is 2.91. The number of hydrogen-bond acceptors (Lipinski definition) is 3. The number of nitrogens with zero attached hydrogens (tertiary/aromatic N) is 1. The van der Waals surface area contributed by atoms with Crippen molar-refractivity contribution < 1.29 is 4.79 Å². The highest BCUT2D eigenvalue weighted by atomic mass is 32.1. The number of benzene rings is 3. The Morgan fingerprint density at radius 1 is 1.00 bits per heavy atom. The molecular formula is C22H18N2OS. The number of aromatic nitrogens is 1. The number of nitrogens with one attached hydrogen (secondary N) is 1. The van der Waals surface area contributed by atoms with Gasteiger partial charge in [-0.3, -0.25) is 4.79 Å². The monoisotopic (exact) mass is 358 g/mol. The van der Waals surface area contributed by atoms with E-state index in [9.17, 15) is 4.79 Å². The van der Waals surface area contributed by atoms with E-state index in [2.05, 4.69) is 17.4 Å². The molecule has 3 aromatic carbocycles. The van der Waals surface area contributed by atoms with Gasteiger partial charge in [0.2, 0.25) is 5.91 Å². The minimum atomic E-state index is -0.00737. The lowest BCUT2D eigenvalue weighted by Crippen LogP contribution is -2.15. The Kier molecular flexibility index (Phi) is 4.50. The van der Waals surface area contributed by atoms with Crippen molar-refractivity contribution in [3.8, 4) is 10.6 Å². The number of carbonyl (C=O) groups excluding carboxylic acids is 1. The van der Waals surface area contributed by atoms with E-state index in [1.54, 1.807) is 11.3 Å². The van der Waals surface area contributed by atoms with E-state index in [0.29, 0.717) is 6.42 Å². The Bertz CT molecular complexity index is 1040. The van der Waals surface area contributed by atoms with Crippen molar-refractivity contribution in [1.82, 2.24) is 4.98 Å². The average molecular weight is 358 g/mol. The van der Waals surface area contributed by atoms with E-state index < -0.39 is 0 Å². The molecule has 0 radical (unpaired) electrons. The number of aryl methyl sites for hydroxylation is 1. The van der Waals surface area contributed by atoms with Gasteiger partial charge in [-0.05, 0) is 48.4 Å². The Balaban J connectivity index is 1.53. The van der Waals surface area contributed by atoms with Gasteiger partial charge in [-0.25, -0.2) is 4.98 Å². The first-order valence-corrected chi connectivity index (χ1v) is 9.31. The molecule has 0 bridgehead atoms. The molecule has 0 aliphatic carbocycles. The Morgan fingerprint density at radius 3 is 2.54 bits per heavy atom. The van der Waals surface area contributed by atoms with Gasteiger partial charge < -0.3 is 5.32 Å². The Morgan fingerprint density at radius 2 is 1.77 bits per heavy atom. The number of hydrogen-bond donors (Lipinski definition) is 1. The normalized spacial score (nSPS) is 10.8. The Hall–Kier alpha value is -2.98. The minimum absolute atomic E-state index is 0.00737. The topological polar surface area (TPSA) is 42.0 Å². The lowest BCUT2D eigenvalue weighted by molar-refractivity contribution is -0.115. The number of anilines is 1. The second-order valence-corrected chi connectivity index (χ2v) is 7.26. The zero-order chi connectivity index (χ0) is 17.9. The van der Waals surface area contributed by atoms with Gasteiger partial charge in [-0.2, -0.15) is 0 Å². The molecular weight excluding hydrogens is 340 g/mol. The highest BCUT2D eigenvalue weighted by Gasteiger charge is 2.10. The summed E-state index contributed by atoms with van der Waals surface area (Å²) < 4.78 is 1.18. The lowest BCUT2D eigenvalue weighted by Gasteiger charge is -2.09. The third-order valence-electron chi connectivity index (χ3n) is 4.25. The smallest absolute Gasteiger partial charge is 0.228 e. The van der Waals surface area contributed by atoms with Gasteiger partial charge in [0.15, 0.2) is 0 Å². The van der Waals surface area contributed by atoms with Crippen LogP contribution in [0.2, 0.25) is 0 Å². The zero-order valence-electron chi connectivity index (χ0n) is 14.4. The summed E-state index contributed by atoms with van der Waals surface area (Å²) in [6, 6.07) is 24.0. The van der Waals surface area contributed by atoms with Crippen molar-refractivity contribution in [3.05, 3.63) is 83.9 Å². The maximum Gasteiger partial charge on any atom is 0.228 e. The minimum Gasteiger partial charge on any atom is -0.326 e. The molecule has 1 N–H and O–H groups in total. The van der Waals surface area contributed by atoms with Gasteiger partial charge in [-0.1, -0.05) is 42.5 Å². The molecule has 4 heteroatoms. The van der Waals surface area contributed by atoms with Crippen LogP contribution in [0.25, 0.3) is 20.8 Å². The van der Waals surface area contributed by atoms with Crippen LogP contribution in [0.4, 0.5) is 5.69 Å². The summed E-state index contributed by atoms with van der Waals surface area (Å²) >= 11 is 1.68. The van der Waals surface area contributed by atoms with Gasteiger partial charge in [0, 0.05) is 11.3 Å². The number of rotatable bonds is 4. The lowest BCUT2D eigenvalue weighted by atomic mass is 10.1. The summed E-state index contributed by atoms with van der Waals surface area (Å²) in [5.74, 6) is -0.00737. The van der Waals surface area contributed by atoms with Gasteiger partial charge in [0.1, 0.15) is 5.01 Å². The largest absolute Gasteiger partial charge is 0.326 e. The highest BCUT2D eigenvalue weighted by molar-refractivity contribution is 7.21. The molecule has 0 aliphatic heterocycles. The zero-order valence-corrected chi connectivity index (χ0v) is 15.2. The molecule has 128 valence electrons. The van der Waals surface area contributed by atoms with Crippen molar-refractivity contribution in [2.75, 3.05) is 5.32 Å². The van der Waals surface area contributed by atoms with E-state index in [1.165, 1.54) is 4.70 Å². The van der Waals surface area contributed by atoms with Crippen molar-refractivity contribution >= 4 is 33.1 Å². The SMILES string of the molecule is Cc1cc(-c2nc3ccccc3s2)ccc1NC(=O)Cc1ccccc1. The quantitative estimate of drug-likeness (QED) is 0.527. The summed E-state index contributed by atoms with van der Waals surface area (Å²) in [7, 11) is 0. The number of para-hydroxylation sites is 1. The van der Waals surface area contributed by atoms with Crippen LogP contribution < -0.4 is 5.32 Å². The van der Waals surface area contributed by atoms with Crippen LogP contribution in [0.3, 0.4) is 0 Å². The summed E-state index contributed by atoms with van der Waals surface area (Å²) in [6.45, 7) is 2.01. The molecule has 3 nitrogen and oxygen atoms in total. The first kappa shape index (κ1) is 16.5.